The highest BCUT2D eigenvalue weighted by Gasteiger charge is 2.26. The van der Waals surface area contributed by atoms with Crippen molar-refractivity contribution in [2.75, 3.05) is 13.1 Å². The average Bonchev–Trinajstić information content (AvgIpc) is 2.70. The zero-order valence-electron chi connectivity index (χ0n) is 8.99. The first-order valence-electron chi connectivity index (χ1n) is 5.09. The third-order valence-corrected chi connectivity index (χ3v) is 2.20. The van der Waals surface area contributed by atoms with Crippen molar-refractivity contribution in [3.8, 4) is 0 Å². The first-order chi connectivity index (χ1) is 8.00. The Bertz CT molecular complexity index is 339. The highest BCUT2D eigenvalue weighted by molar-refractivity contribution is 6.35. The molecule has 0 aliphatic carbocycles. The Morgan fingerprint density at radius 1 is 1.12 bits per heavy atom. The Kier molecular flexibility index (Phi) is 4.44. The summed E-state index contributed by atoms with van der Waals surface area (Å²) in [6, 6.07) is -0.641. The number of piperazine rings is 1. The number of carboxylic acid groups (broad SMARTS) is 1. The number of rotatable bonds is 1. The minimum absolute atomic E-state index is 0.164. The summed E-state index contributed by atoms with van der Waals surface area (Å²) in [7, 11) is 0. The van der Waals surface area contributed by atoms with E-state index in [0.29, 0.717) is 25.9 Å². The summed E-state index contributed by atoms with van der Waals surface area (Å²) in [6.45, 7) is 1.09. The second-order valence-electron chi connectivity index (χ2n) is 3.51. The zero-order chi connectivity index (χ0) is 12.8. The molecule has 8 nitrogen and oxygen atoms in total. The Morgan fingerprint density at radius 2 is 1.65 bits per heavy atom. The third-order valence-electron chi connectivity index (χ3n) is 2.20. The fourth-order valence-electron chi connectivity index (χ4n) is 1.31. The van der Waals surface area contributed by atoms with Crippen molar-refractivity contribution in [3.63, 3.8) is 0 Å². The van der Waals surface area contributed by atoms with Crippen LogP contribution in [0.3, 0.4) is 0 Å². The second-order valence-corrected chi connectivity index (χ2v) is 3.51. The van der Waals surface area contributed by atoms with Gasteiger partial charge in [0, 0.05) is 19.5 Å². The lowest BCUT2D eigenvalue weighted by atomic mass is 10.2. The van der Waals surface area contributed by atoms with E-state index in [9.17, 15) is 19.2 Å². The molecule has 17 heavy (non-hydrogen) atoms. The van der Waals surface area contributed by atoms with Gasteiger partial charge in [0.1, 0.15) is 6.04 Å². The summed E-state index contributed by atoms with van der Waals surface area (Å²) in [5, 5.41) is 15.4. The maximum Gasteiger partial charge on any atom is 0.326 e. The van der Waals surface area contributed by atoms with Crippen LogP contribution in [0.5, 0.6) is 0 Å². The molecule has 0 aromatic rings. The van der Waals surface area contributed by atoms with Crippen molar-refractivity contribution in [1.82, 2.24) is 16.0 Å². The molecule has 1 atom stereocenters. The van der Waals surface area contributed by atoms with Crippen molar-refractivity contribution in [1.29, 1.82) is 0 Å². The number of hydrogen-bond donors (Lipinski definition) is 4. The predicted octanol–water partition coefficient (Wildman–Crippen LogP) is -2.42. The maximum atomic E-state index is 10.4. The number of carbonyl (C=O) groups is 4. The Labute approximate surface area is 96.7 Å². The quantitative estimate of drug-likeness (QED) is 0.381. The van der Waals surface area contributed by atoms with Crippen molar-refractivity contribution < 1.29 is 24.3 Å². The van der Waals surface area contributed by atoms with Crippen molar-refractivity contribution in [2.24, 2.45) is 0 Å². The molecule has 2 aliphatic heterocycles. The minimum atomic E-state index is -0.944. The lowest BCUT2D eigenvalue weighted by Crippen LogP contribution is -2.49. The molecule has 0 aromatic carbocycles. The van der Waals surface area contributed by atoms with Crippen molar-refractivity contribution >= 4 is 23.7 Å². The molecule has 0 saturated carbocycles. The standard InChI is InChI=1S/C5H7NO3.C4H6N2O2/c7-4-2-1-3(6-4)5(8)9;7-3-4(8)6-2-1-5-3/h3H,1-2H2,(H,6,7)(H,8,9);1-2H2,(H,5,7)(H,6,8)/t3-;/m0./s1. The van der Waals surface area contributed by atoms with E-state index in [0.717, 1.165) is 0 Å². The zero-order valence-corrected chi connectivity index (χ0v) is 8.99. The molecule has 2 heterocycles. The Balaban J connectivity index is 0.000000171. The largest absolute Gasteiger partial charge is 0.480 e. The van der Waals surface area contributed by atoms with E-state index in [1.54, 1.807) is 0 Å². The van der Waals surface area contributed by atoms with Gasteiger partial charge in [-0.15, -0.1) is 0 Å². The van der Waals surface area contributed by atoms with Gasteiger partial charge in [-0.1, -0.05) is 0 Å². The van der Waals surface area contributed by atoms with E-state index in [1.807, 2.05) is 0 Å². The number of nitrogens with one attached hydrogen (secondary N) is 3. The molecule has 0 bridgehead atoms. The molecule has 0 aromatic heterocycles. The van der Waals surface area contributed by atoms with Crippen LogP contribution in [0.4, 0.5) is 0 Å². The van der Waals surface area contributed by atoms with Gasteiger partial charge in [0.15, 0.2) is 0 Å². The molecule has 2 saturated heterocycles. The molecule has 2 aliphatic rings. The van der Waals surface area contributed by atoms with Crippen LogP contribution in [-0.4, -0.2) is 47.9 Å². The van der Waals surface area contributed by atoms with E-state index in [2.05, 4.69) is 16.0 Å². The van der Waals surface area contributed by atoms with Crippen LogP contribution in [0, 0.1) is 0 Å². The number of amides is 3. The van der Waals surface area contributed by atoms with E-state index >= 15 is 0 Å². The van der Waals surface area contributed by atoms with Crippen LogP contribution in [0.15, 0.2) is 0 Å². The van der Waals surface area contributed by atoms with Crippen LogP contribution in [0.1, 0.15) is 12.8 Å². The van der Waals surface area contributed by atoms with Crippen molar-refractivity contribution in [3.05, 3.63) is 0 Å². The fraction of sp³-hybridized carbons (Fsp3) is 0.556. The molecule has 2 fully saturated rings. The van der Waals surface area contributed by atoms with Gasteiger partial charge < -0.3 is 21.1 Å². The summed E-state index contributed by atoms with van der Waals surface area (Å²) in [5.41, 5.74) is 0. The molecule has 0 radical (unpaired) electrons. The molecule has 2 rings (SSSR count). The van der Waals surface area contributed by atoms with Crippen LogP contribution in [0.2, 0.25) is 0 Å². The molecule has 0 spiro atoms. The number of hydrogen-bond acceptors (Lipinski definition) is 4. The minimum Gasteiger partial charge on any atom is -0.480 e. The van der Waals surface area contributed by atoms with E-state index < -0.39 is 23.8 Å². The summed E-state index contributed by atoms with van der Waals surface area (Å²) in [6.07, 6.45) is 0.769. The molecule has 94 valence electrons. The molecule has 8 heteroatoms. The molecular weight excluding hydrogens is 230 g/mol. The van der Waals surface area contributed by atoms with Gasteiger partial charge >= 0.3 is 17.8 Å². The molecule has 4 N–H and O–H groups in total. The number of carbonyl (C=O) groups excluding carboxylic acids is 3. The van der Waals surface area contributed by atoms with Gasteiger partial charge in [0.05, 0.1) is 0 Å². The monoisotopic (exact) mass is 243 g/mol. The normalized spacial score (nSPS) is 22.8. The number of aliphatic carboxylic acids is 1. The van der Waals surface area contributed by atoms with Gasteiger partial charge in [-0.25, -0.2) is 4.79 Å². The fourth-order valence-corrected chi connectivity index (χ4v) is 1.31. The lowest BCUT2D eigenvalue weighted by Gasteiger charge is -2.10. The predicted molar refractivity (Wildman–Crippen MR) is 54.8 cm³/mol. The van der Waals surface area contributed by atoms with Crippen LogP contribution in [0.25, 0.3) is 0 Å². The molecular formula is C9H13N3O5. The van der Waals surface area contributed by atoms with Gasteiger partial charge in [0.25, 0.3) is 0 Å². The smallest absolute Gasteiger partial charge is 0.326 e. The lowest BCUT2D eigenvalue weighted by molar-refractivity contribution is -0.140. The van der Waals surface area contributed by atoms with Gasteiger partial charge in [0.2, 0.25) is 5.91 Å². The average molecular weight is 243 g/mol. The van der Waals surface area contributed by atoms with Gasteiger partial charge in [-0.05, 0) is 6.42 Å². The van der Waals surface area contributed by atoms with Crippen LogP contribution < -0.4 is 16.0 Å². The topological polar surface area (TPSA) is 125 Å². The summed E-state index contributed by atoms with van der Waals surface area (Å²) in [4.78, 5) is 41.1. The summed E-state index contributed by atoms with van der Waals surface area (Å²) < 4.78 is 0. The van der Waals surface area contributed by atoms with E-state index in [4.69, 9.17) is 5.11 Å². The Hall–Kier alpha value is -2.12. The maximum absolute atomic E-state index is 10.4. The molecule has 3 amide bonds. The second kappa shape index (κ2) is 5.83. The number of carboxylic acids is 1. The van der Waals surface area contributed by atoms with Crippen LogP contribution >= 0.6 is 0 Å². The third kappa shape index (κ3) is 4.09. The highest BCUT2D eigenvalue weighted by atomic mass is 16.4. The van der Waals surface area contributed by atoms with E-state index in [1.165, 1.54) is 0 Å². The Morgan fingerprint density at radius 3 is 1.88 bits per heavy atom. The van der Waals surface area contributed by atoms with Gasteiger partial charge in [-0.3, -0.25) is 14.4 Å². The van der Waals surface area contributed by atoms with Crippen molar-refractivity contribution in [2.45, 2.75) is 18.9 Å². The highest BCUT2D eigenvalue weighted by Crippen LogP contribution is 2.05. The molecule has 0 unspecified atom stereocenters. The first-order valence-corrected chi connectivity index (χ1v) is 5.09. The van der Waals surface area contributed by atoms with Gasteiger partial charge in [-0.2, -0.15) is 0 Å². The van der Waals surface area contributed by atoms with E-state index in [-0.39, 0.29) is 5.91 Å². The summed E-state index contributed by atoms with van der Waals surface area (Å²) in [5.74, 6) is -2.17. The SMILES string of the molecule is O=C1CC[C@@H](C(=O)O)N1.O=C1NCCNC1=O. The summed E-state index contributed by atoms with van der Waals surface area (Å²) >= 11 is 0. The van der Waals surface area contributed by atoms with Crippen LogP contribution in [-0.2, 0) is 19.2 Å². The first kappa shape index (κ1) is 12.9.